The van der Waals surface area contributed by atoms with Gasteiger partial charge in [-0.05, 0) is 79.2 Å². The summed E-state index contributed by atoms with van der Waals surface area (Å²) >= 11 is 0. The van der Waals surface area contributed by atoms with Crippen molar-refractivity contribution in [3.05, 3.63) is 64.9 Å². The highest BCUT2D eigenvalue weighted by molar-refractivity contribution is 5.86. The molecule has 2 fully saturated rings. The van der Waals surface area contributed by atoms with Crippen LogP contribution in [-0.2, 0) is 31.2 Å². The molecule has 8 rings (SSSR count). The molecule has 4 aromatic rings. The SMILES string of the molecule is CC(=O)N1CCc2c(c(N3CCCc4cc(-c5cnn(C)c5)c(C)cc43)nn2C2CCN(CC3CCN(c4ncc(C(=O)O)cn4)CC3(C)C)CC2)C1. The number of hydrogen-bond donors (Lipinski definition) is 1. The van der Waals surface area contributed by atoms with E-state index in [4.69, 9.17) is 5.10 Å². The quantitative estimate of drug-likeness (QED) is 0.270. The number of carbonyl (C=O) groups excluding carboxylic acids is 1. The number of rotatable bonds is 7. The molecule has 53 heavy (non-hydrogen) atoms. The minimum Gasteiger partial charge on any atom is -0.478 e. The van der Waals surface area contributed by atoms with Crippen molar-refractivity contribution in [2.24, 2.45) is 18.4 Å². The Morgan fingerprint density at radius 3 is 2.43 bits per heavy atom. The van der Waals surface area contributed by atoms with Gasteiger partial charge in [0.05, 0.1) is 24.3 Å². The van der Waals surface area contributed by atoms with Gasteiger partial charge in [0.25, 0.3) is 0 Å². The number of likely N-dealkylation sites (tertiary alicyclic amines) is 1. The topological polar surface area (TPSA) is 129 Å². The molecule has 7 heterocycles. The molecule has 0 bridgehead atoms. The van der Waals surface area contributed by atoms with E-state index < -0.39 is 5.97 Å². The van der Waals surface area contributed by atoms with Crippen LogP contribution in [-0.4, -0.2) is 102 Å². The highest BCUT2D eigenvalue weighted by Crippen LogP contribution is 2.42. The van der Waals surface area contributed by atoms with Gasteiger partial charge in [-0.1, -0.05) is 13.8 Å². The summed E-state index contributed by atoms with van der Waals surface area (Å²) in [5.41, 5.74) is 8.87. The fourth-order valence-corrected chi connectivity index (χ4v) is 9.21. The number of aryl methyl sites for hydroxylation is 3. The molecular formula is C40H52N10O3. The molecule has 0 radical (unpaired) electrons. The van der Waals surface area contributed by atoms with E-state index >= 15 is 0 Å². The van der Waals surface area contributed by atoms with Crippen molar-refractivity contribution in [3.8, 4) is 11.1 Å². The van der Waals surface area contributed by atoms with Crippen LogP contribution in [0.15, 0.2) is 36.9 Å². The molecule has 3 aromatic heterocycles. The lowest BCUT2D eigenvalue weighted by molar-refractivity contribution is -0.129. The van der Waals surface area contributed by atoms with Crippen LogP contribution < -0.4 is 9.80 Å². The third kappa shape index (κ3) is 6.79. The molecule has 13 nitrogen and oxygen atoms in total. The average Bonchev–Trinajstić information content (AvgIpc) is 3.75. The van der Waals surface area contributed by atoms with E-state index in [0.29, 0.717) is 24.5 Å². The Morgan fingerprint density at radius 2 is 1.75 bits per heavy atom. The summed E-state index contributed by atoms with van der Waals surface area (Å²) in [6.45, 7) is 15.6. The monoisotopic (exact) mass is 720 g/mol. The van der Waals surface area contributed by atoms with Gasteiger partial charge in [-0.15, -0.1) is 0 Å². The first-order chi connectivity index (χ1) is 25.4. The van der Waals surface area contributed by atoms with E-state index in [1.165, 1.54) is 46.0 Å². The maximum Gasteiger partial charge on any atom is 0.338 e. The van der Waals surface area contributed by atoms with E-state index in [0.717, 1.165) is 95.7 Å². The molecule has 1 unspecified atom stereocenters. The maximum absolute atomic E-state index is 12.6. The first-order valence-electron chi connectivity index (χ1n) is 19.2. The maximum atomic E-state index is 12.6. The minimum atomic E-state index is -1.01. The zero-order valence-corrected chi connectivity index (χ0v) is 31.8. The largest absolute Gasteiger partial charge is 0.478 e. The van der Waals surface area contributed by atoms with E-state index in [2.05, 4.69) is 73.5 Å². The highest BCUT2D eigenvalue weighted by Gasteiger charge is 2.39. The molecular weight excluding hydrogens is 669 g/mol. The van der Waals surface area contributed by atoms with Gasteiger partial charge in [-0.2, -0.15) is 10.2 Å². The summed E-state index contributed by atoms with van der Waals surface area (Å²) in [4.78, 5) is 41.9. The predicted octanol–water partition coefficient (Wildman–Crippen LogP) is 5.26. The number of carbonyl (C=O) groups is 2. The molecule has 1 atom stereocenters. The van der Waals surface area contributed by atoms with E-state index in [1.807, 2.05) is 22.8 Å². The van der Waals surface area contributed by atoms with Crippen molar-refractivity contribution in [1.29, 1.82) is 0 Å². The number of piperidine rings is 2. The number of carboxylic acid groups (broad SMARTS) is 1. The first-order valence-corrected chi connectivity index (χ1v) is 19.2. The number of anilines is 3. The van der Waals surface area contributed by atoms with Crippen LogP contribution in [0.25, 0.3) is 11.1 Å². The Bertz CT molecular complexity index is 2010. The summed E-state index contributed by atoms with van der Waals surface area (Å²) in [7, 11) is 1.96. The second-order valence-corrected chi connectivity index (χ2v) is 16.3. The number of aromatic nitrogens is 6. The molecule has 0 spiro atoms. The summed E-state index contributed by atoms with van der Waals surface area (Å²) in [6, 6.07) is 5.02. The Balaban J connectivity index is 0.987. The number of amides is 1. The molecule has 280 valence electrons. The van der Waals surface area contributed by atoms with Crippen LogP contribution in [0.5, 0.6) is 0 Å². The lowest BCUT2D eigenvalue weighted by Crippen LogP contribution is -2.51. The normalized spacial score (nSPS) is 20.7. The molecule has 1 amide bonds. The Kier molecular flexibility index (Phi) is 9.24. The lowest BCUT2D eigenvalue weighted by Gasteiger charge is -2.46. The number of nitrogens with zero attached hydrogens (tertiary/aromatic N) is 10. The van der Waals surface area contributed by atoms with Gasteiger partial charge in [0.2, 0.25) is 11.9 Å². The van der Waals surface area contributed by atoms with Crippen LogP contribution in [0.4, 0.5) is 17.5 Å². The van der Waals surface area contributed by atoms with E-state index in [1.54, 1.807) is 6.92 Å². The third-order valence-electron chi connectivity index (χ3n) is 12.3. The van der Waals surface area contributed by atoms with Gasteiger partial charge in [0, 0.05) is 107 Å². The molecule has 0 aliphatic carbocycles. The Hall–Kier alpha value is -4.78. The Labute approximate surface area is 311 Å². The van der Waals surface area contributed by atoms with Gasteiger partial charge in [-0.25, -0.2) is 14.8 Å². The van der Waals surface area contributed by atoms with Crippen molar-refractivity contribution < 1.29 is 14.7 Å². The molecule has 1 aromatic carbocycles. The van der Waals surface area contributed by atoms with Crippen molar-refractivity contribution in [2.45, 2.75) is 78.8 Å². The highest BCUT2D eigenvalue weighted by atomic mass is 16.4. The standard InChI is InChI=1S/C40H52N10O3/c1-26-17-36-28(18-33(26)30-21-43-45(5)22-30)7-6-12-49(36)37-34-24-47(27(2)51)16-11-35(34)50(44-37)32-9-13-46(14-10-32)23-31-8-15-48(25-40(31,3)4)39-41-19-29(20-42-39)38(52)53/h17-22,31-32H,6-16,23-25H2,1-5H3,(H,52,53). The summed E-state index contributed by atoms with van der Waals surface area (Å²) in [6.07, 6.45) is 12.9. The zero-order chi connectivity index (χ0) is 37.0. The van der Waals surface area contributed by atoms with E-state index in [-0.39, 0.29) is 16.9 Å². The van der Waals surface area contributed by atoms with Crippen LogP contribution in [0, 0.1) is 18.3 Å². The summed E-state index contributed by atoms with van der Waals surface area (Å²) < 4.78 is 4.22. The smallest absolute Gasteiger partial charge is 0.338 e. The van der Waals surface area contributed by atoms with Gasteiger partial charge in [0.15, 0.2) is 5.82 Å². The van der Waals surface area contributed by atoms with Gasteiger partial charge in [0.1, 0.15) is 0 Å². The van der Waals surface area contributed by atoms with Crippen molar-refractivity contribution in [2.75, 3.05) is 55.6 Å². The van der Waals surface area contributed by atoms with Crippen LogP contribution in [0.2, 0.25) is 0 Å². The lowest BCUT2D eigenvalue weighted by atomic mass is 9.73. The molecule has 4 aliphatic rings. The zero-order valence-electron chi connectivity index (χ0n) is 31.8. The predicted molar refractivity (Wildman–Crippen MR) is 204 cm³/mol. The fourth-order valence-electron chi connectivity index (χ4n) is 9.21. The molecule has 13 heteroatoms. The minimum absolute atomic E-state index is 0.0598. The fraction of sp³-hybridized carbons (Fsp3) is 0.550. The number of fused-ring (bicyclic) bond motifs is 2. The molecule has 2 saturated heterocycles. The van der Waals surface area contributed by atoms with E-state index in [9.17, 15) is 14.7 Å². The van der Waals surface area contributed by atoms with Crippen molar-refractivity contribution in [3.63, 3.8) is 0 Å². The van der Waals surface area contributed by atoms with Crippen molar-refractivity contribution >= 4 is 29.3 Å². The van der Waals surface area contributed by atoms with Crippen LogP contribution in [0.1, 0.15) is 85.2 Å². The number of benzene rings is 1. The van der Waals surface area contributed by atoms with Gasteiger partial charge in [-0.3, -0.25) is 14.2 Å². The third-order valence-corrected chi connectivity index (χ3v) is 12.3. The summed E-state index contributed by atoms with van der Waals surface area (Å²) in [5, 5.41) is 19.1. The average molecular weight is 721 g/mol. The number of aromatic carboxylic acids is 1. The number of carboxylic acids is 1. The molecule has 0 saturated carbocycles. The van der Waals surface area contributed by atoms with Crippen LogP contribution in [0.3, 0.4) is 0 Å². The second kappa shape index (κ2) is 13.9. The summed E-state index contributed by atoms with van der Waals surface area (Å²) in [5.74, 6) is 1.28. The molecule has 1 N–H and O–H groups in total. The number of hydrogen-bond acceptors (Lipinski definition) is 9. The first kappa shape index (κ1) is 35.3. The van der Waals surface area contributed by atoms with Crippen LogP contribution >= 0.6 is 0 Å². The molecule has 4 aliphatic heterocycles. The van der Waals surface area contributed by atoms with Crippen molar-refractivity contribution in [1.82, 2.24) is 39.3 Å². The Morgan fingerprint density at radius 1 is 0.981 bits per heavy atom. The van der Waals surface area contributed by atoms with Gasteiger partial charge < -0.3 is 24.7 Å². The second-order valence-electron chi connectivity index (χ2n) is 16.3. The van der Waals surface area contributed by atoms with Gasteiger partial charge >= 0.3 is 5.97 Å².